The van der Waals surface area contributed by atoms with Crippen LogP contribution in [0.5, 0.6) is 0 Å². The summed E-state index contributed by atoms with van der Waals surface area (Å²) in [6, 6.07) is 19.5. The molecule has 0 N–H and O–H groups in total. The predicted octanol–water partition coefficient (Wildman–Crippen LogP) is 3.33. The maximum atomic E-state index is 12.1. The van der Waals surface area contributed by atoms with E-state index in [0.29, 0.717) is 12.2 Å². The molecule has 0 atom stereocenters. The SMILES string of the molecule is CCOC(/C=C\C(=O)c1ccccc1)=C\[Se]c1ccccc1. The fraction of sp³-hybridized carbons (Fsp3) is 0.105. The van der Waals surface area contributed by atoms with Crippen LogP contribution >= 0.6 is 0 Å². The molecule has 0 aliphatic carbocycles. The second-order valence-corrected chi connectivity index (χ2v) is 6.43. The molecule has 0 aliphatic heterocycles. The molecule has 0 fully saturated rings. The van der Waals surface area contributed by atoms with E-state index in [4.69, 9.17) is 4.74 Å². The standard InChI is InChI=1S/C19H18O2Se/c1-2-21-17(15-22-18-11-7-4-8-12-18)13-14-19(20)16-9-5-3-6-10-16/h3-15H,2H2,1H3/b14-13-,17-15-. The van der Waals surface area contributed by atoms with Gasteiger partial charge in [-0.3, -0.25) is 0 Å². The molecule has 22 heavy (non-hydrogen) atoms. The molecule has 0 radical (unpaired) electrons. The van der Waals surface area contributed by atoms with Gasteiger partial charge in [-0.1, -0.05) is 0 Å². The molecule has 112 valence electrons. The van der Waals surface area contributed by atoms with Gasteiger partial charge in [0.2, 0.25) is 0 Å². The van der Waals surface area contributed by atoms with Crippen LogP contribution in [0.3, 0.4) is 0 Å². The zero-order valence-corrected chi connectivity index (χ0v) is 14.2. The number of carbonyl (C=O) groups is 1. The van der Waals surface area contributed by atoms with Crippen molar-refractivity contribution in [1.82, 2.24) is 0 Å². The van der Waals surface area contributed by atoms with Crippen molar-refractivity contribution >= 4 is 25.2 Å². The van der Waals surface area contributed by atoms with Gasteiger partial charge in [0.25, 0.3) is 0 Å². The Balaban J connectivity index is 2.04. The molecule has 2 nitrogen and oxygen atoms in total. The number of carbonyl (C=O) groups excluding carboxylic acids is 1. The first-order chi connectivity index (χ1) is 10.8. The Morgan fingerprint density at radius 2 is 1.64 bits per heavy atom. The van der Waals surface area contributed by atoms with E-state index in [1.807, 2.05) is 55.5 Å². The molecule has 0 aliphatic rings. The summed E-state index contributed by atoms with van der Waals surface area (Å²) in [5.74, 6) is 0.731. The summed E-state index contributed by atoms with van der Waals surface area (Å²) in [6.07, 6.45) is 3.32. The fourth-order valence-electron chi connectivity index (χ4n) is 1.77. The van der Waals surface area contributed by atoms with Gasteiger partial charge in [-0.05, 0) is 0 Å². The Labute approximate surface area is 137 Å². The van der Waals surface area contributed by atoms with Gasteiger partial charge < -0.3 is 0 Å². The van der Waals surface area contributed by atoms with E-state index in [0.717, 1.165) is 5.76 Å². The maximum absolute atomic E-state index is 12.1. The van der Waals surface area contributed by atoms with Crippen LogP contribution < -0.4 is 4.46 Å². The Kier molecular flexibility index (Phi) is 6.69. The second kappa shape index (κ2) is 9.04. The van der Waals surface area contributed by atoms with Crippen LogP contribution in [0.2, 0.25) is 0 Å². The first kappa shape index (κ1) is 16.3. The third-order valence-corrected chi connectivity index (χ3v) is 4.70. The molecular formula is C19H18O2Se. The van der Waals surface area contributed by atoms with E-state index in [2.05, 4.69) is 17.1 Å². The predicted molar refractivity (Wildman–Crippen MR) is 91.5 cm³/mol. The molecule has 2 aromatic rings. The molecule has 0 bridgehead atoms. The van der Waals surface area contributed by atoms with E-state index in [1.54, 1.807) is 12.2 Å². The summed E-state index contributed by atoms with van der Waals surface area (Å²) in [4.78, 5) is 14.1. The Morgan fingerprint density at radius 3 is 2.27 bits per heavy atom. The van der Waals surface area contributed by atoms with Crippen LogP contribution in [0.4, 0.5) is 0 Å². The van der Waals surface area contributed by atoms with Gasteiger partial charge in [0, 0.05) is 0 Å². The zero-order valence-electron chi connectivity index (χ0n) is 12.4. The Morgan fingerprint density at radius 1 is 1.00 bits per heavy atom. The van der Waals surface area contributed by atoms with E-state index in [9.17, 15) is 4.79 Å². The van der Waals surface area contributed by atoms with Crippen molar-refractivity contribution in [3.63, 3.8) is 0 Å². The van der Waals surface area contributed by atoms with Gasteiger partial charge >= 0.3 is 137 Å². The molecule has 2 rings (SSSR count). The number of ketones is 1. The molecule has 0 heterocycles. The molecule has 3 heteroatoms. The summed E-state index contributed by atoms with van der Waals surface area (Å²) in [5.41, 5.74) is 0.683. The molecular weight excluding hydrogens is 339 g/mol. The molecule has 0 saturated carbocycles. The van der Waals surface area contributed by atoms with Gasteiger partial charge in [0.15, 0.2) is 0 Å². The van der Waals surface area contributed by atoms with Crippen molar-refractivity contribution in [2.45, 2.75) is 6.92 Å². The molecule has 0 amide bonds. The van der Waals surface area contributed by atoms with Crippen molar-refractivity contribution in [2.24, 2.45) is 0 Å². The minimum absolute atomic E-state index is 0.0154. The normalized spacial score (nSPS) is 11.6. The second-order valence-electron chi connectivity index (χ2n) is 4.45. The summed E-state index contributed by atoms with van der Waals surface area (Å²) >= 11 is 0.186. The van der Waals surface area contributed by atoms with E-state index in [1.165, 1.54) is 4.46 Å². The summed E-state index contributed by atoms with van der Waals surface area (Å²) in [6.45, 7) is 2.52. The van der Waals surface area contributed by atoms with Crippen LogP contribution in [-0.2, 0) is 4.74 Å². The molecule has 0 unspecified atom stereocenters. The third kappa shape index (κ3) is 5.36. The number of rotatable bonds is 7. The zero-order chi connectivity index (χ0) is 15.6. The van der Waals surface area contributed by atoms with Crippen LogP contribution in [0.25, 0.3) is 0 Å². The van der Waals surface area contributed by atoms with Crippen LogP contribution in [-0.4, -0.2) is 27.3 Å². The van der Waals surface area contributed by atoms with E-state index >= 15 is 0 Å². The number of hydrogen-bond donors (Lipinski definition) is 0. The van der Waals surface area contributed by atoms with Gasteiger partial charge in [0.1, 0.15) is 0 Å². The fourth-order valence-corrected chi connectivity index (χ4v) is 3.27. The van der Waals surface area contributed by atoms with Gasteiger partial charge in [-0.15, -0.1) is 0 Å². The van der Waals surface area contributed by atoms with Gasteiger partial charge in [-0.2, -0.15) is 0 Å². The quantitative estimate of drug-likeness (QED) is 0.250. The average Bonchev–Trinajstić information content (AvgIpc) is 2.59. The number of ether oxygens (including phenoxy) is 1. The minimum atomic E-state index is -0.0154. The Hall–Kier alpha value is -2.09. The molecule has 0 saturated heterocycles. The van der Waals surface area contributed by atoms with Crippen molar-refractivity contribution in [1.29, 1.82) is 0 Å². The monoisotopic (exact) mass is 358 g/mol. The number of allylic oxidation sites excluding steroid dienone is 2. The topological polar surface area (TPSA) is 26.3 Å². The van der Waals surface area contributed by atoms with E-state index < -0.39 is 0 Å². The van der Waals surface area contributed by atoms with Crippen molar-refractivity contribution < 1.29 is 9.53 Å². The van der Waals surface area contributed by atoms with E-state index in [-0.39, 0.29) is 20.7 Å². The van der Waals surface area contributed by atoms with Crippen LogP contribution in [0, 0.1) is 0 Å². The number of benzene rings is 2. The van der Waals surface area contributed by atoms with Crippen molar-refractivity contribution in [3.8, 4) is 0 Å². The van der Waals surface area contributed by atoms with Crippen molar-refractivity contribution in [3.05, 3.63) is 89.1 Å². The average molecular weight is 357 g/mol. The van der Waals surface area contributed by atoms with Gasteiger partial charge in [0.05, 0.1) is 0 Å². The molecule has 0 aromatic heterocycles. The van der Waals surface area contributed by atoms with Crippen LogP contribution in [0.1, 0.15) is 17.3 Å². The van der Waals surface area contributed by atoms with Crippen LogP contribution in [0.15, 0.2) is 83.5 Å². The summed E-state index contributed by atoms with van der Waals surface area (Å²) in [7, 11) is 0. The first-order valence-electron chi connectivity index (χ1n) is 7.11. The number of hydrogen-bond acceptors (Lipinski definition) is 2. The summed E-state index contributed by atoms with van der Waals surface area (Å²) in [5, 5.41) is 0. The molecule has 2 aromatic carbocycles. The first-order valence-corrected chi connectivity index (χ1v) is 8.96. The third-order valence-electron chi connectivity index (χ3n) is 2.82. The Bertz CT molecular complexity index is 646. The molecule has 0 spiro atoms. The van der Waals surface area contributed by atoms with Gasteiger partial charge in [-0.25, -0.2) is 0 Å². The summed E-state index contributed by atoms with van der Waals surface area (Å²) < 4.78 is 6.86. The van der Waals surface area contributed by atoms with Crippen molar-refractivity contribution in [2.75, 3.05) is 6.61 Å².